The Morgan fingerprint density at radius 1 is 0.960 bits per heavy atom. The van der Waals surface area contributed by atoms with Gasteiger partial charge in [-0.3, -0.25) is 0 Å². The quantitative estimate of drug-likeness (QED) is 0.526. The van der Waals surface area contributed by atoms with E-state index in [1.54, 1.807) is 0 Å². The maximum Gasteiger partial charge on any atom is 0.0641 e. The molecule has 2 aromatic carbocycles. The van der Waals surface area contributed by atoms with Crippen LogP contribution in [0.4, 0.5) is 5.69 Å². The summed E-state index contributed by atoms with van der Waals surface area (Å²) in [7, 11) is 0. The van der Waals surface area contributed by atoms with Crippen molar-refractivity contribution in [1.82, 2.24) is 0 Å². The number of hydrogen-bond donors (Lipinski definition) is 1. The first-order valence-corrected chi connectivity index (χ1v) is 9.63. The monoisotopic (exact) mass is 371 g/mol. The number of hydrogen-bond acceptors (Lipinski definition) is 1. The molecule has 0 saturated carbocycles. The minimum atomic E-state index is 0.166. The maximum atomic E-state index is 6.51. The number of nitrogens with one attached hydrogen (secondary N) is 1. The first kappa shape index (κ1) is 17.0. The fourth-order valence-corrected chi connectivity index (χ4v) is 4.65. The summed E-state index contributed by atoms with van der Waals surface area (Å²) in [4.78, 5) is 0. The molecule has 0 bridgehead atoms. The molecule has 1 heterocycles. The molecule has 0 spiro atoms. The van der Waals surface area contributed by atoms with Crippen molar-refractivity contribution in [2.75, 3.05) is 5.32 Å². The maximum absolute atomic E-state index is 6.51. The zero-order chi connectivity index (χ0) is 17.8. The first-order chi connectivity index (χ1) is 11.9. The molecule has 3 atom stereocenters. The molecule has 1 N–H and O–H groups in total. The lowest BCUT2D eigenvalue weighted by Gasteiger charge is -2.38. The molecule has 2 aromatic rings. The number of rotatable bonds is 1. The van der Waals surface area contributed by atoms with Gasteiger partial charge < -0.3 is 5.32 Å². The molecule has 1 aliphatic heterocycles. The first-order valence-electron chi connectivity index (χ1n) is 8.88. The summed E-state index contributed by atoms with van der Waals surface area (Å²) in [6, 6.07) is 13.1. The third kappa shape index (κ3) is 2.88. The normalized spacial score (nSPS) is 24.6. The van der Waals surface area contributed by atoms with Gasteiger partial charge in [0.1, 0.15) is 0 Å². The van der Waals surface area contributed by atoms with Gasteiger partial charge in [-0.2, -0.15) is 0 Å². The predicted molar refractivity (Wildman–Crippen MR) is 108 cm³/mol. The average molecular weight is 372 g/mol. The molecular weight excluding hydrogens is 349 g/mol. The highest BCUT2D eigenvalue weighted by molar-refractivity contribution is 6.36. The van der Waals surface area contributed by atoms with E-state index in [1.807, 2.05) is 12.1 Å². The van der Waals surface area contributed by atoms with Gasteiger partial charge in [-0.1, -0.05) is 80.4 Å². The molecule has 0 fully saturated rings. The van der Waals surface area contributed by atoms with Crippen LogP contribution < -0.4 is 5.32 Å². The molecule has 0 radical (unpaired) electrons. The van der Waals surface area contributed by atoms with Gasteiger partial charge >= 0.3 is 0 Å². The molecule has 1 aliphatic carbocycles. The Morgan fingerprint density at radius 3 is 2.32 bits per heavy atom. The Morgan fingerprint density at radius 2 is 1.64 bits per heavy atom. The van der Waals surface area contributed by atoms with E-state index in [1.165, 1.54) is 11.1 Å². The second-order valence-electron chi connectivity index (χ2n) is 8.17. The summed E-state index contributed by atoms with van der Waals surface area (Å²) in [5.74, 6) is 0.804. The lowest BCUT2D eigenvalue weighted by molar-refractivity contribution is 0.425. The molecule has 0 amide bonds. The van der Waals surface area contributed by atoms with Crippen molar-refractivity contribution in [1.29, 1.82) is 0 Å². The van der Waals surface area contributed by atoms with E-state index in [4.69, 9.17) is 23.2 Å². The highest BCUT2D eigenvalue weighted by atomic mass is 35.5. The van der Waals surface area contributed by atoms with E-state index >= 15 is 0 Å². The van der Waals surface area contributed by atoms with Crippen molar-refractivity contribution >= 4 is 28.9 Å². The predicted octanol–water partition coefficient (Wildman–Crippen LogP) is 7.12. The van der Waals surface area contributed by atoms with Gasteiger partial charge in [0.2, 0.25) is 0 Å². The van der Waals surface area contributed by atoms with E-state index in [0.717, 1.165) is 27.7 Å². The van der Waals surface area contributed by atoms with Gasteiger partial charge in [0.15, 0.2) is 0 Å². The van der Waals surface area contributed by atoms with Crippen molar-refractivity contribution in [3.63, 3.8) is 0 Å². The Labute approximate surface area is 160 Å². The molecule has 25 heavy (non-hydrogen) atoms. The average Bonchev–Trinajstić information content (AvgIpc) is 3.06. The van der Waals surface area contributed by atoms with Crippen LogP contribution >= 0.6 is 23.2 Å². The zero-order valence-electron chi connectivity index (χ0n) is 14.8. The number of anilines is 1. The van der Waals surface area contributed by atoms with E-state index in [-0.39, 0.29) is 11.5 Å². The van der Waals surface area contributed by atoms with Gasteiger partial charge in [0.05, 0.1) is 16.8 Å². The van der Waals surface area contributed by atoms with Gasteiger partial charge in [-0.05, 0) is 41.0 Å². The number of halogens is 2. The van der Waals surface area contributed by atoms with E-state index in [9.17, 15) is 0 Å². The molecule has 4 rings (SSSR count). The highest BCUT2D eigenvalue weighted by Crippen LogP contribution is 2.53. The van der Waals surface area contributed by atoms with E-state index < -0.39 is 0 Å². The lowest BCUT2D eigenvalue weighted by Crippen LogP contribution is -2.29. The number of fused-ring (bicyclic) bond motifs is 3. The lowest BCUT2D eigenvalue weighted by atomic mass is 9.76. The molecule has 0 saturated heterocycles. The van der Waals surface area contributed by atoms with Crippen molar-refractivity contribution < 1.29 is 0 Å². The summed E-state index contributed by atoms with van der Waals surface area (Å²) < 4.78 is 0. The molecule has 0 aromatic heterocycles. The van der Waals surface area contributed by atoms with Gasteiger partial charge in [0.25, 0.3) is 0 Å². The summed E-state index contributed by atoms with van der Waals surface area (Å²) >= 11 is 13.0. The van der Waals surface area contributed by atoms with Crippen LogP contribution in [0.1, 0.15) is 55.8 Å². The molecule has 3 heteroatoms. The topological polar surface area (TPSA) is 12.0 Å². The summed E-state index contributed by atoms with van der Waals surface area (Å²) in [5.41, 5.74) is 4.98. The molecule has 2 aliphatic rings. The summed E-state index contributed by atoms with van der Waals surface area (Å²) in [6.45, 7) is 6.74. The third-order valence-electron chi connectivity index (χ3n) is 5.55. The van der Waals surface area contributed by atoms with Crippen molar-refractivity contribution in [3.05, 3.63) is 75.3 Å². The molecule has 1 nitrogen and oxygen atoms in total. The van der Waals surface area contributed by atoms with Crippen LogP contribution in [-0.4, -0.2) is 0 Å². The second kappa shape index (κ2) is 6.07. The van der Waals surface area contributed by atoms with E-state index in [2.05, 4.69) is 62.5 Å². The van der Waals surface area contributed by atoms with E-state index in [0.29, 0.717) is 11.8 Å². The summed E-state index contributed by atoms with van der Waals surface area (Å²) in [6.07, 6.45) is 5.63. The van der Waals surface area contributed by atoms with Crippen LogP contribution in [0.2, 0.25) is 10.0 Å². The van der Waals surface area contributed by atoms with Crippen LogP contribution in [0, 0.1) is 5.92 Å². The fourth-order valence-electron chi connectivity index (χ4n) is 4.15. The number of allylic oxidation sites excluding steroid dienone is 2. The van der Waals surface area contributed by atoms with Gasteiger partial charge in [-0.15, -0.1) is 0 Å². The zero-order valence-corrected chi connectivity index (χ0v) is 16.3. The standard InChI is InChI=1S/C22H23Cl2N/c1-22(2,3)14-9-7-13(8-10-14)20-16-6-4-5-15(16)19-17(23)11-12-18(24)21(19)25-20/h4-5,7-12,15-16,20,25H,6H2,1-3H3/t15-,16-,20+/m1/s1. The van der Waals surface area contributed by atoms with Crippen molar-refractivity contribution in [2.45, 2.75) is 44.6 Å². The number of benzene rings is 2. The van der Waals surface area contributed by atoms with Gasteiger partial charge in [0, 0.05) is 16.5 Å². The highest BCUT2D eigenvalue weighted by Gasteiger charge is 2.39. The second-order valence-corrected chi connectivity index (χ2v) is 8.98. The van der Waals surface area contributed by atoms with Crippen LogP contribution in [-0.2, 0) is 5.41 Å². The Kier molecular flexibility index (Phi) is 4.13. The van der Waals surface area contributed by atoms with Crippen molar-refractivity contribution in [3.8, 4) is 0 Å². The van der Waals surface area contributed by atoms with Crippen LogP contribution in [0.5, 0.6) is 0 Å². The third-order valence-corrected chi connectivity index (χ3v) is 6.20. The van der Waals surface area contributed by atoms with Crippen LogP contribution in [0.25, 0.3) is 0 Å². The van der Waals surface area contributed by atoms with Crippen molar-refractivity contribution in [2.24, 2.45) is 5.92 Å². The fraction of sp³-hybridized carbons (Fsp3) is 0.364. The SMILES string of the molecule is CC(C)(C)c1ccc([C@@H]2Nc3c(Cl)ccc(Cl)c3[C@@H]3C=CC[C@H]32)cc1. The van der Waals surface area contributed by atoms with Gasteiger partial charge in [-0.25, -0.2) is 0 Å². The minimum Gasteiger partial charge on any atom is -0.376 e. The summed E-state index contributed by atoms with van der Waals surface area (Å²) in [5, 5.41) is 5.24. The molecule has 130 valence electrons. The molecule has 0 unspecified atom stereocenters. The smallest absolute Gasteiger partial charge is 0.0641 e. The van der Waals surface area contributed by atoms with Crippen LogP contribution in [0.15, 0.2) is 48.6 Å². The largest absolute Gasteiger partial charge is 0.376 e. The van der Waals surface area contributed by atoms with Crippen LogP contribution in [0.3, 0.4) is 0 Å². The minimum absolute atomic E-state index is 0.166. The molecular formula is C22H23Cl2N. The Balaban J connectivity index is 1.76. The Bertz CT molecular complexity index is 830. The Hall–Kier alpha value is -1.44.